The van der Waals surface area contributed by atoms with E-state index < -0.39 is 29.8 Å². The molecule has 8 heteroatoms. The third-order valence-electron chi connectivity index (χ3n) is 3.24. The lowest BCUT2D eigenvalue weighted by Crippen LogP contribution is -2.18. The monoisotopic (exact) mass is 312 g/mol. The lowest BCUT2D eigenvalue weighted by molar-refractivity contribution is -0.140. The van der Waals surface area contributed by atoms with Crippen molar-refractivity contribution in [2.24, 2.45) is 5.92 Å². The first-order valence-corrected chi connectivity index (χ1v) is 6.17. The van der Waals surface area contributed by atoms with Crippen LogP contribution in [0.2, 0.25) is 0 Å². The summed E-state index contributed by atoms with van der Waals surface area (Å²) in [4.78, 5) is 47.9. The Morgan fingerprint density at radius 3 is 1.14 bits per heavy atom. The second-order valence-corrected chi connectivity index (χ2v) is 4.27. The first kappa shape index (κ1) is 17.4. The van der Waals surface area contributed by atoms with Crippen LogP contribution in [0, 0.1) is 5.92 Å². The summed E-state index contributed by atoms with van der Waals surface area (Å²) in [6.45, 7) is 1.47. The molecule has 0 atom stereocenters. The minimum absolute atomic E-state index is 0.157. The van der Waals surface area contributed by atoms with Crippen molar-refractivity contribution in [1.29, 1.82) is 0 Å². The fourth-order valence-electron chi connectivity index (χ4n) is 2.25. The fourth-order valence-corrected chi connectivity index (χ4v) is 2.25. The van der Waals surface area contributed by atoms with Crippen molar-refractivity contribution in [2.75, 3.05) is 28.4 Å². The SMILES string of the molecule is COC(=O)C1=C(C(=O)OC)C(C)C(C(=O)OC)=C1C(=O)OC. The highest BCUT2D eigenvalue weighted by Gasteiger charge is 2.45. The zero-order chi connectivity index (χ0) is 17.0. The van der Waals surface area contributed by atoms with E-state index in [1.54, 1.807) is 0 Å². The first-order chi connectivity index (χ1) is 10.3. The van der Waals surface area contributed by atoms with Gasteiger partial charge < -0.3 is 18.9 Å². The van der Waals surface area contributed by atoms with E-state index in [4.69, 9.17) is 0 Å². The number of rotatable bonds is 4. The molecule has 0 aromatic carbocycles. The number of carbonyl (C=O) groups excluding carboxylic acids is 4. The van der Waals surface area contributed by atoms with Gasteiger partial charge in [-0.05, 0) is 0 Å². The molecule has 0 unspecified atom stereocenters. The van der Waals surface area contributed by atoms with Crippen LogP contribution in [0.1, 0.15) is 6.92 Å². The predicted octanol–water partition coefficient (Wildman–Crippen LogP) is -0.0787. The average Bonchev–Trinajstić information content (AvgIpc) is 2.84. The van der Waals surface area contributed by atoms with Crippen LogP contribution < -0.4 is 0 Å². The standard InChI is InChI=1S/C14H16O8/c1-6-7(11(15)19-2)9(13(17)21-4)10(14(18)22-5)8(6)12(16)20-3/h6H,1-5H3. The molecule has 0 spiro atoms. The summed E-state index contributed by atoms with van der Waals surface area (Å²) in [7, 11) is 4.40. The van der Waals surface area contributed by atoms with E-state index in [1.807, 2.05) is 0 Å². The second kappa shape index (κ2) is 6.88. The maximum atomic E-state index is 12.0. The molecule has 0 bridgehead atoms. The smallest absolute Gasteiger partial charge is 0.339 e. The second-order valence-electron chi connectivity index (χ2n) is 4.27. The number of hydrogen-bond acceptors (Lipinski definition) is 8. The molecular weight excluding hydrogens is 296 g/mol. The summed E-state index contributed by atoms with van der Waals surface area (Å²) in [6, 6.07) is 0. The van der Waals surface area contributed by atoms with Gasteiger partial charge in [-0.3, -0.25) is 0 Å². The molecule has 0 aliphatic heterocycles. The third-order valence-corrected chi connectivity index (χ3v) is 3.24. The number of esters is 4. The molecule has 22 heavy (non-hydrogen) atoms. The molecule has 0 aromatic rings. The number of carbonyl (C=O) groups is 4. The zero-order valence-corrected chi connectivity index (χ0v) is 12.8. The molecule has 0 aromatic heterocycles. The summed E-state index contributed by atoms with van der Waals surface area (Å²) < 4.78 is 18.4. The van der Waals surface area contributed by atoms with Crippen LogP contribution >= 0.6 is 0 Å². The van der Waals surface area contributed by atoms with E-state index in [-0.39, 0.29) is 22.3 Å². The van der Waals surface area contributed by atoms with Gasteiger partial charge in [0.1, 0.15) is 0 Å². The fraction of sp³-hybridized carbons (Fsp3) is 0.429. The molecule has 120 valence electrons. The van der Waals surface area contributed by atoms with Crippen molar-refractivity contribution < 1.29 is 38.1 Å². The van der Waals surface area contributed by atoms with Crippen LogP contribution in [0.4, 0.5) is 0 Å². The van der Waals surface area contributed by atoms with Crippen LogP contribution in [0.25, 0.3) is 0 Å². The Morgan fingerprint density at radius 2 is 0.909 bits per heavy atom. The normalized spacial score (nSPS) is 14.8. The van der Waals surface area contributed by atoms with Crippen molar-refractivity contribution in [3.8, 4) is 0 Å². The summed E-state index contributed by atoms with van der Waals surface area (Å²) in [5.74, 6) is -4.50. The van der Waals surface area contributed by atoms with E-state index in [0.29, 0.717) is 0 Å². The quantitative estimate of drug-likeness (QED) is 0.524. The molecule has 8 nitrogen and oxygen atoms in total. The van der Waals surface area contributed by atoms with Gasteiger partial charge in [-0.15, -0.1) is 0 Å². The van der Waals surface area contributed by atoms with Gasteiger partial charge in [-0.2, -0.15) is 0 Å². The average molecular weight is 312 g/mol. The van der Waals surface area contributed by atoms with E-state index in [1.165, 1.54) is 6.92 Å². The van der Waals surface area contributed by atoms with Crippen molar-refractivity contribution >= 4 is 23.9 Å². The zero-order valence-electron chi connectivity index (χ0n) is 12.8. The molecule has 0 amide bonds. The van der Waals surface area contributed by atoms with Gasteiger partial charge >= 0.3 is 23.9 Å². The molecule has 0 radical (unpaired) electrons. The van der Waals surface area contributed by atoms with Gasteiger partial charge in [0, 0.05) is 5.92 Å². The van der Waals surface area contributed by atoms with Crippen LogP contribution in [0.5, 0.6) is 0 Å². The lowest BCUT2D eigenvalue weighted by atomic mass is 9.97. The van der Waals surface area contributed by atoms with Gasteiger partial charge in [0.25, 0.3) is 0 Å². The minimum atomic E-state index is -0.952. The maximum absolute atomic E-state index is 12.0. The first-order valence-electron chi connectivity index (χ1n) is 6.17. The van der Waals surface area contributed by atoms with Gasteiger partial charge in [-0.1, -0.05) is 6.92 Å². The van der Waals surface area contributed by atoms with E-state index in [2.05, 4.69) is 18.9 Å². The van der Waals surface area contributed by atoms with E-state index in [0.717, 1.165) is 28.4 Å². The van der Waals surface area contributed by atoms with Crippen molar-refractivity contribution in [3.05, 3.63) is 22.3 Å². The largest absolute Gasteiger partial charge is 0.466 e. The van der Waals surface area contributed by atoms with Gasteiger partial charge in [0.05, 0.1) is 50.7 Å². The summed E-state index contributed by atoms with van der Waals surface area (Å²) >= 11 is 0. The van der Waals surface area contributed by atoms with Crippen molar-refractivity contribution in [2.45, 2.75) is 6.92 Å². The number of ether oxygens (including phenoxy) is 4. The molecule has 1 aliphatic rings. The Balaban J connectivity index is 3.70. The predicted molar refractivity (Wildman–Crippen MR) is 71.3 cm³/mol. The van der Waals surface area contributed by atoms with E-state index in [9.17, 15) is 19.2 Å². The van der Waals surface area contributed by atoms with Crippen molar-refractivity contribution in [3.63, 3.8) is 0 Å². The van der Waals surface area contributed by atoms with Gasteiger partial charge in [0.2, 0.25) is 0 Å². The topological polar surface area (TPSA) is 105 Å². The van der Waals surface area contributed by atoms with Crippen molar-refractivity contribution in [1.82, 2.24) is 0 Å². The molecule has 0 saturated heterocycles. The summed E-state index contributed by atoms with van der Waals surface area (Å²) in [6.07, 6.45) is 0. The molecule has 0 fully saturated rings. The van der Waals surface area contributed by atoms with Crippen LogP contribution in [-0.4, -0.2) is 52.3 Å². The molecule has 0 N–H and O–H groups in total. The van der Waals surface area contributed by atoms with Crippen LogP contribution in [-0.2, 0) is 38.1 Å². The summed E-state index contributed by atoms with van der Waals surface area (Å²) in [5, 5.41) is 0. The molecule has 1 aliphatic carbocycles. The van der Waals surface area contributed by atoms with Crippen LogP contribution in [0.15, 0.2) is 22.3 Å². The highest BCUT2D eigenvalue weighted by Crippen LogP contribution is 2.39. The molecule has 1 rings (SSSR count). The Labute approximate surface area is 126 Å². The minimum Gasteiger partial charge on any atom is -0.466 e. The molecule has 0 saturated carbocycles. The van der Waals surface area contributed by atoms with Gasteiger partial charge in [0.15, 0.2) is 0 Å². The summed E-state index contributed by atoms with van der Waals surface area (Å²) in [5.41, 5.74) is -1.02. The number of methoxy groups -OCH3 is 4. The lowest BCUT2D eigenvalue weighted by Gasteiger charge is -2.11. The molecular formula is C14H16O8. The van der Waals surface area contributed by atoms with Crippen LogP contribution in [0.3, 0.4) is 0 Å². The maximum Gasteiger partial charge on any atom is 0.339 e. The number of hydrogen-bond donors (Lipinski definition) is 0. The Bertz CT molecular complexity index is 544. The third kappa shape index (κ3) is 2.72. The Morgan fingerprint density at radius 1 is 0.636 bits per heavy atom. The Kier molecular flexibility index (Phi) is 5.44. The van der Waals surface area contributed by atoms with Gasteiger partial charge in [-0.25, -0.2) is 19.2 Å². The van der Waals surface area contributed by atoms with E-state index >= 15 is 0 Å². The highest BCUT2D eigenvalue weighted by atomic mass is 16.5. The molecule has 0 heterocycles. The Hall–Kier alpha value is -2.64. The highest BCUT2D eigenvalue weighted by molar-refractivity contribution is 6.18.